The molecule has 0 unspecified atom stereocenters. The van der Waals surface area contributed by atoms with Gasteiger partial charge in [-0.05, 0) is 0 Å². The molecule has 0 bridgehead atoms. The molecule has 78 heavy (non-hydrogen) atoms. The number of rotatable bonds is 24. The summed E-state index contributed by atoms with van der Waals surface area (Å²) in [6, 6.07) is -11.8. The van der Waals surface area contributed by atoms with Gasteiger partial charge in [0.2, 0.25) is 35.4 Å². The molecule has 0 saturated carbocycles. The molecule has 0 radical (unpaired) electrons. The van der Waals surface area contributed by atoms with Crippen molar-refractivity contribution in [3.63, 3.8) is 0 Å². The molecule has 0 heterocycles. The van der Waals surface area contributed by atoms with E-state index in [-0.39, 0.29) is 6.47 Å². The summed E-state index contributed by atoms with van der Waals surface area (Å²) in [6.07, 6.45) is 0. The fourth-order valence-electron chi connectivity index (χ4n) is 2.87. The highest BCUT2D eigenvalue weighted by Crippen LogP contribution is 1.99. The Balaban J connectivity index is -0.000000113. The predicted octanol–water partition coefficient (Wildman–Crippen LogP) is -15.8. The molecule has 0 aromatic rings. The van der Waals surface area contributed by atoms with Crippen molar-refractivity contribution in [1.29, 1.82) is 0 Å². The molecule has 46 nitrogen and oxygen atoms in total. The Labute approximate surface area is 442 Å². The van der Waals surface area contributed by atoms with E-state index < -0.39 is 195 Å². The van der Waals surface area contributed by atoms with Crippen molar-refractivity contribution in [2.45, 2.75) is 42.3 Å². The van der Waals surface area contributed by atoms with Crippen LogP contribution in [-0.2, 0) is 114 Å². The highest BCUT2D eigenvalue weighted by Gasteiger charge is 2.33. The lowest BCUT2D eigenvalue weighted by molar-refractivity contribution is -0.217. The van der Waals surface area contributed by atoms with Crippen molar-refractivity contribution in [1.82, 2.24) is 10.6 Å². The van der Waals surface area contributed by atoms with E-state index in [0.717, 1.165) is 21.3 Å². The Morgan fingerprint density at radius 1 is 0.385 bits per heavy atom. The van der Waals surface area contributed by atoms with Gasteiger partial charge < -0.3 is 87.6 Å². The van der Waals surface area contributed by atoms with Crippen molar-refractivity contribution in [3.8, 4) is 0 Å². The molecule has 32 N–H and O–H groups in total. The predicted molar refractivity (Wildman–Crippen MR) is 257 cm³/mol. The van der Waals surface area contributed by atoms with Crippen LogP contribution in [0.5, 0.6) is 0 Å². The number of amides is 6. The molecule has 0 rings (SSSR count). The van der Waals surface area contributed by atoms with Gasteiger partial charge in [-0.15, -0.1) is 0 Å². The van der Waals surface area contributed by atoms with Gasteiger partial charge in [0.25, 0.3) is 70.8 Å². The zero-order valence-corrected chi connectivity index (χ0v) is 45.6. The third kappa shape index (κ3) is 77.3. The Morgan fingerprint density at radius 2 is 0.551 bits per heavy atom. The summed E-state index contributed by atoms with van der Waals surface area (Å²) in [6.45, 7) is -0.0694. The largest absolute Gasteiger partial charge is 0.480 e. The second-order valence-corrected chi connectivity index (χ2v) is 23.0. The standard InChI is InChI=1S/C9H17N3O13S3.4C3H8N2O4S.CH2O3.3CH4O/c10-4(1-26(17,18)19)7(13)11-5(2-27(20,21)22)8(14)12-6(9(15)16)3-28(23,24)25;4*4-2(3(5)6)1-10(7,8)9;2-1-4-3;3*1-2/h4-6H,1-3,10H2,(H,11,13)(H,12,14)(H,15,16)(H,17,18,19)(H,20,21,22)(H,23,24,25);4*2H,1,4H2,(H2,5,6)(H,7,8,9);1,3H;3*2H,1H3/t4-,5-,6-;4*2-;;;;/m11111..../s1. The maximum atomic E-state index is 12.0. The first-order valence-corrected chi connectivity index (χ1v) is 29.3. The van der Waals surface area contributed by atoms with Crippen LogP contribution in [0.25, 0.3) is 0 Å². The highest BCUT2D eigenvalue weighted by atomic mass is 32.2. The maximum absolute atomic E-state index is 12.0. The van der Waals surface area contributed by atoms with Gasteiger partial charge in [0.15, 0.2) is 0 Å². The average Bonchev–Trinajstić information content (AvgIpc) is 3.22. The molecular weight excluding hydrogens is 1240 g/mol. The quantitative estimate of drug-likeness (QED) is 0.0185. The van der Waals surface area contributed by atoms with Gasteiger partial charge in [-0.1, -0.05) is 0 Å². The third-order valence-corrected chi connectivity index (χ3v) is 11.2. The minimum absolute atomic E-state index is 0.0694. The zero-order valence-electron chi connectivity index (χ0n) is 39.9. The number of nitrogens with one attached hydrogen (secondary N) is 2. The molecule has 470 valence electrons. The molecular formula is C25H63N11O35S7. The van der Waals surface area contributed by atoms with E-state index in [9.17, 15) is 92.5 Å². The minimum atomic E-state index is -4.97. The fraction of sp³-hybridized carbons (Fsp3) is 0.680. The first-order chi connectivity index (χ1) is 34.5. The molecule has 0 saturated heterocycles. The zero-order chi connectivity index (χ0) is 65.4. The van der Waals surface area contributed by atoms with Crippen molar-refractivity contribution < 1.29 is 160 Å². The third-order valence-electron chi connectivity index (χ3n) is 5.79. The molecule has 0 aliphatic rings. The SMILES string of the molecule is CO.CO.CO.NC(=O)[C@H](N)CS(=O)(=O)O.NC(=O)[C@H](N)CS(=O)(=O)O.NC(=O)[C@H](N)CS(=O)(=O)O.NC(=O)[C@H](N)CS(=O)(=O)O.N[C@H](CS(=O)(=O)O)C(=O)N[C@H](CS(=O)(=O)O)C(=O)N[C@H](CS(=O)(=O)O)C(=O)O.O=COO. The number of hydrogen-bond donors (Lipinski definition) is 23. The maximum Gasteiger partial charge on any atom is 0.330 e. The summed E-state index contributed by atoms with van der Waals surface area (Å²) in [7, 11) is -28.4. The Morgan fingerprint density at radius 3 is 0.692 bits per heavy atom. The number of carboxylic acids is 1. The van der Waals surface area contributed by atoms with E-state index in [2.05, 4.69) is 27.8 Å². The van der Waals surface area contributed by atoms with Crippen LogP contribution in [-0.4, -0.2) is 268 Å². The Bertz CT molecular complexity index is 2440. The number of nitrogens with two attached hydrogens (primary N) is 9. The van der Waals surface area contributed by atoms with E-state index in [1.807, 2.05) is 0 Å². The summed E-state index contributed by atoms with van der Waals surface area (Å²) in [4.78, 5) is 86.7. The number of carbonyl (C=O) groups is 8. The molecule has 6 amide bonds. The van der Waals surface area contributed by atoms with E-state index in [0.29, 0.717) is 0 Å². The van der Waals surface area contributed by atoms with E-state index >= 15 is 0 Å². The minimum Gasteiger partial charge on any atom is -0.480 e. The number of hydrogen-bond acceptors (Lipinski definition) is 32. The second-order valence-electron chi connectivity index (χ2n) is 12.5. The fourth-order valence-corrected chi connectivity index (χ4v) is 7.25. The van der Waals surface area contributed by atoms with Gasteiger partial charge in [-0.3, -0.25) is 65.4 Å². The van der Waals surface area contributed by atoms with Gasteiger partial charge in [-0.2, -0.15) is 58.9 Å². The van der Waals surface area contributed by atoms with Crippen molar-refractivity contribution in [2.24, 2.45) is 51.6 Å². The first kappa shape index (κ1) is 92.2. The van der Waals surface area contributed by atoms with Crippen LogP contribution >= 0.6 is 0 Å². The van der Waals surface area contributed by atoms with Crippen LogP contribution in [0.3, 0.4) is 0 Å². The summed E-state index contributed by atoms with van der Waals surface area (Å²) < 4.78 is 204. The number of carbonyl (C=O) groups excluding carboxylic acids is 7. The molecule has 0 aromatic carbocycles. The van der Waals surface area contributed by atoms with Crippen LogP contribution in [0.2, 0.25) is 0 Å². The number of aliphatic hydroxyl groups is 3. The number of aliphatic carboxylic acids is 1. The lowest BCUT2D eigenvalue weighted by Crippen LogP contribution is -2.58. The Hall–Kier alpha value is -5.23. The lowest BCUT2D eigenvalue weighted by Gasteiger charge is -2.21. The topological polar surface area (TPSA) is 886 Å². The molecule has 0 aromatic heterocycles. The van der Waals surface area contributed by atoms with E-state index in [1.165, 1.54) is 5.32 Å². The van der Waals surface area contributed by atoms with Gasteiger partial charge in [0.1, 0.15) is 53.8 Å². The van der Waals surface area contributed by atoms with Crippen LogP contribution in [0.15, 0.2) is 0 Å². The van der Waals surface area contributed by atoms with Crippen LogP contribution in [0.1, 0.15) is 0 Å². The summed E-state index contributed by atoms with van der Waals surface area (Å²) in [5, 5.41) is 40.0. The normalized spacial score (nSPS) is 13.7. The monoisotopic (exact) mass is 1300 g/mol. The molecule has 0 aliphatic heterocycles. The first-order valence-electron chi connectivity index (χ1n) is 18.1. The van der Waals surface area contributed by atoms with Gasteiger partial charge in [0, 0.05) is 21.3 Å². The smallest absolute Gasteiger partial charge is 0.330 e. The van der Waals surface area contributed by atoms with Crippen LogP contribution in [0.4, 0.5) is 0 Å². The number of carboxylic acid groups (broad SMARTS) is 1. The Kier molecular flexibility index (Phi) is 52.7. The van der Waals surface area contributed by atoms with Crippen molar-refractivity contribution >= 4 is 119 Å². The summed E-state index contributed by atoms with van der Waals surface area (Å²) in [5.41, 5.74) is 43.1. The molecule has 7 atom stereocenters. The number of primary amides is 4. The number of aliphatic hydroxyl groups excluding tert-OH is 3. The van der Waals surface area contributed by atoms with Gasteiger partial charge >= 0.3 is 12.4 Å². The van der Waals surface area contributed by atoms with Crippen molar-refractivity contribution in [2.75, 3.05) is 61.6 Å². The molecule has 0 fully saturated rings. The van der Waals surface area contributed by atoms with Gasteiger partial charge in [-0.25, -0.2) is 10.1 Å². The second kappa shape index (κ2) is 44.6. The molecule has 53 heteroatoms. The van der Waals surface area contributed by atoms with E-state index in [1.54, 1.807) is 5.32 Å². The van der Waals surface area contributed by atoms with Crippen LogP contribution in [0, 0.1) is 0 Å². The lowest BCUT2D eigenvalue weighted by atomic mass is 10.2. The van der Waals surface area contributed by atoms with Crippen molar-refractivity contribution in [3.05, 3.63) is 0 Å². The van der Waals surface area contributed by atoms with Crippen LogP contribution < -0.4 is 62.2 Å². The highest BCUT2D eigenvalue weighted by molar-refractivity contribution is 7.87. The summed E-state index contributed by atoms with van der Waals surface area (Å²) in [5.74, 6) is -16.6. The average molecular weight is 1300 g/mol. The van der Waals surface area contributed by atoms with E-state index in [4.69, 9.17) is 91.0 Å². The summed E-state index contributed by atoms with van der Waals surface area (Å²) >= 11 is 0. The van der Waals surface area contributed by atoms with Gasteiger partial charge in [0.05, 0.1) is 28.8 Å². The molecule has 0 aliphatic carbocycles. The molecule has 0 spiro atoms.